The Labute approximate surface area is 117 Å². The molecule has 1 rings (SSSR count). The van der Waals surface area contributed by atoms with Crippen LogP contribution in [-0.4, -0.2) is 37.0 Å². The van der Waals surface area contributed by atoms with E-state index in [9.17, 15) is 4.79 Å². The van der Waals surface area contributed by atoms with Crippen molar-refractivity contribution in [2.75, 3.05) is 26.2 Å². The third-order valence-electron chi connectivity index (χ3n) is 3.33. The lowest BCUT2D eigenvalue weighted by Gasteiger charge is -2.17. The van der Waals surface area contributed by atoms with Crippen molar-refractivity contribution >= 4 is 5.91 Å². The number of carbonyl (C=O) groups excluding carboxylic acids is 1. The molecule has 0 radical (unpaired) electrons. The molecule has 0 atom stereocenters. The highest BCUT2D eigenvalue weighted by molar-refractivity contribution is 5.78. The Morgan fingerprint density at radius 1 is 1.11 bits per heavy atom. The van der Waals surface area contributed by atoms with Crippen LogP contribution in [0.4, 0.5) is 0 Å². The van der Waals surface area contributed by atoms with Crippen molar-refractivity contribution in [3.63, 3.8) is 0 Å². The number of nitrogens with zero attached hydrogens (tertiary/aromatic N) is 1. The fraction of sp³-hybridized carbons (Fsp3) is 0.562. The van der Waals surface area contributed by atoms with Gasteiger partial charge < -0.3 is 10.2 Å². The SMILES string of the molecule is CCN(CC)CCCCNC(=O)Cc1ccccc1. The maximum atomic E-state index is 11.7. The van der Waals surface area contributed by atoms with Crippen LogP contribution in [0.3, 0.4) is 0 Å². The molecule has 0 saturated carbocycles. The van der Waals surface area contributed by atoms with Crippen molar-refractivity contribution in [2.45, 2.75) is 33.1 Å². The minimum Gasteiger partial charge on any atom is -0.356 e. The molecule has 0 unspecified atom stereocenters. The summed E-state index contributed by atoms with van der Waals surface area (Å²) in [5.74, 6) is 0.119. The Bertz CT molecular complexity index is 347. The van der Waals surface area contributed by atoms with E-state index in [2.05, 4.69) is 24.1 Å². The molecule has 0 saturated heterocycles. The molecule has 0 aliphatic rings. The molecule has 0 heterocycles. The van der Waals surface area contributed by atoms with Crippen molar-refractivity contribution in [1.82, 2.24) is 10.2 Å². The summed E-state index contributed by atoms with van der Waals surface area (Å²) in [6.45, 7) is 8.50. The molecular formula is C16H26N2O. The average molecular weight is 262 g/mol. The first-order valence-corrected chi connectivity index (χ1v) is 7.29. The van der Waals surface area contributed by atoms with Gasteiger partial charge in [0, 0.05) is 6.54 Å². The van der Waals surface area contributed by atoms with Crippen LogP contribution < -0.4 is 5.32 Å². The number of hydrogen-bond donors (Lipinski definition) is 1. The number of amides is 1. The van der Waals surface area contributed by atoms with Crippen LogP contribution in [0.25, 0.3) is 0 Å². The summed E-state index contributed by atoms with van der Waals surface area (Å²) in [6, 6.07) is 9.87. The molecule has 1 aromatic rings. The van der Waals surface area contributed by atoms with E-state index in [-0.39, 0.29) is 5.91 Å². The Balaban J connectivity index is 2.08. The van der Waals surface area contributed by atoms with Crippen LogP contribution in [0, 0.1) is 0 Å². The zero-order valence-electron chi connectivity index (χ0n) is 12.2. The maximum Gasteiger partial charge on any atom is 0.224 e. The highest BCUT2D eigenvalue weighted by Gasteiger charge is 2.02. The number of rotatable bonds is 9. The lowest BCUT2D eigenvalue weighted by molar-refractivity contribution is -0.120. The smallest absolute Gasteiger partial charge is 0.224 e. The van der Waals surface area contributed by atoms with Crippen LogP contribution in [0.15, 0.2) is 30.3 Å². The number of benzene rings is 1. The monoisotopic (exact) mass is 262 g/mol. The Morgan fingerprint density at radius 2 is 1.79 bits per heavy atom. The summed E-state index contributed by atoms with van der Waals surface area (Å²) in [5.41, 5.74) is 1.07. The standard InChI is InChI=1S/C16H26N2O/c1-3-18(4-2)13-9-8-12-17-16(19)14-15-10-6-5-7-11-15/h5-7,10-11H,3-4,8-9,12-14H2,1-2H3,(H,17,19). The summed E-state index contributed by atoms with van der Waals surface area (Å²) in [5, 5.41) is 2.98. The normalized spacial score (nSPS) is 10.7. The van der Waals surface area contributed by atoms with Crippen molar-refractivity contribution in [3.05, 3.63) is 35.9 Å². The second kappa shape index (κ2) is 9.56. The lowest BCUT2D eigenvalue weighted by atomic mass is 10.1. The van der Waals surface area contributed by atoms with Gasteiger partial charge >= 0.3 is 0 Å². The van der Waals surface area contributed by atoms with Gasteiger partial charge in [-0.1, -0.05) is 44.2 Å². The number of hydrogen-bond acceptors (Lipinski definition) is 2. The summed E-state index contributed by atoms with van der Waals surface area (Å²) in [7, 11) is 0. The molecule has 1 N–H and O–H groups in total. The summed E-state index contributed by atoms with van der Waals surface area (Å²) < 4.78 is 0. The van der Waals surface area contributed by atoms with Gasteiger partial charge in [0.05, 0.1) is 6.42 Å². The highest BCUT2D eigenvalue weighted by Crippen LogP contribution is 1.99. The van der Waals surface area contributed by atoms with Gasteiger partial charge in [0.2, 0.25) is 5.91 Å². The van der Waals surface area contributed by atoms with E-state index in [1.54, 1.807) is 0 Å². The van der Waals surface area contributed by atoms with Gasteiger partial charge in [-0.2, -0.15) is 0 Å². The molecule has 0 fully saturated rings. The quantitative estimate of drug-likeness (QED) is 0.693. The van der Waals surface area contributed by atoms with E-state index in [1.807, 2.05) is 30.3 Å². The highest BCUT2D eigenvalue weighted by atomic mass is 16.1. The van der Waals surface area contributed by atoms with Crippen LogP contribution >= 0.6 is 0 Å². The molecule has 19 heavy (non-hydrogen) atoms. The first kappa shape index (κ1) is 15.7. The summed E-state index contributed by atoms with van der Waals surface area (Å²) >= 11 is 0. The minimum absolute atomic E-state index is 0.119. The predicted molar refractivity (Wildman–Crippen MR) is 80.2 cm³/mol. The molecule has 3 heteroatoms. The summed E-state index contributed by atoms with van der Waals surface area (Å²) in [6.07, 6.45) is 2.68. The van der Waals surface area contributed by atoms with Gasteiger partial charge in [-0.15, -0.1) is 0 Å². The van der Waals surface area contributed by atoms with Crippen LogP contribution in [0.1, 0.15) is 32.3 Å². The third-order valence-corrected chi connectivity index (χ3v) is 3.33. The molecule has 1 aromatic carbocycles. The predicted octanol–water partition coefficient (Wildman–Crippen LogP) is 2.47. The number of unbranched alkanes of at least 4 members (excludes halogenated alkanes) is 1. The van der Waals surface area contributed by atoms with Gasteiger partial charge in [-0.3, -0.25) is 4.79 Å². The van der Waals surface area contributed by atoms with Gasteiger partial charge in [0.15, 0.2) is 0 Å². The number of carbonyl (C=O) groups is 1. The molecule has 3 nitrogen and oxygen atoms in total. The second-order valence-corrected chi connectivity index (χ2v) is 4.75. The molecule has 0 aromatic heterocycles. The van der Waals surface area contributed by atoms with Gasteiger partial charge in [-0.25, -0.2) is 0 Å². The zero-order chi connectivity index (χ0) is 13.9. The minimum atomic E-state index is 0.119. The van der Waals surface area contributed by atoms with Crippen molar-refractivity contribution in [1.29, 1.82) is 0 Å². The fourth-order valence-electron chi connectivity index (χ4n) is 2.07. The van der Waals surface area contributed by atoms with Crippen molar-refractivity contribution < 1.29 is 4.79 Å². The Morgan fingerprint density at radius 3 is 2.42 bits per heavy atom. The second-order valence-electron chi connectivity index (χ2n) is 4.75. The average Bonchev–Trinajstić information content (AvgIpc) is 2.44. The number of nitrogens with one attached hydrogen (secondary N) is 1. The molecule has 106 valence electrons. The molecule has 0 aliphatic heterocycles. The third kappa shape index (κ3) is 6.97. The molecule has 0 bridgehead atoms. The Hall–Kier alpha value is -1.35. The van der Waals surface area contributed by atoms with Crippen LogP contribution in [-0.2, 0) is 11.2 Å². The molecule has 0 aliphatic carbocycles. The maximum absolute atomic E-state index is 11.7. The topological polar surface area (TPSA) is 32.3 Å². The molecule has 0 spiro atoms. The van der Waals surface area contributed by atoms with E-state index in [1.165, 1.54) is 0 Å². The van der Waals surface area contributed by atoms with Gasteiger partial charge in [0.1, 0.15) is 0 Å². The fourth-order valence-corrected chi connectivity index (χ4v) is 2.07. The van der Waals surface area contributed by atoms with Crippen LogP contribution in [0.5, 0.6) is 0 Å². The van der Waals surface area contributed by atoms with E-state index < -0.39 is 0 Å². The van der Waals surface area contributed by atoms with Crippen molar-refractivity contribution in [3.8, 4) is 0 Å². The van der Waals surface area contributed by atoms with E-state index in [4.69, 9.17) is 0 Å². The van der Waals surface area contributed by atoms with E-state index in [0.717, 1.165) is 44.6 Å². The van der Waals surface area contributed by atoms with E-state index in [0.29, 0.717) is 6.42 Å². The van der Waals surface area contributed by atoms with Crippen molar-refractivity contribution in [2.24, 2.45) is 0 Å². The zero-order valence-corrected chi connectivity index (χ0v) is 12.2. The lowest BCUT2D eigenvalue weighted by Crippen LogP contribution is -2.28. The van der Waals surface area contributed by atoms with Gasteiger partial charge in [-0.05, 0) is 38.0 Å². The molecular weight excluding hydrogens is 236 g/mol. The van der Waals surface area contributed by atoms with Gasteiger partial charge in [0.25, 0.3) is 0 Å². The summed E-state index contributed by atoms with van der Waals surface area (Å²) in [4.78, 5) is 14.1. The largest absolute Gasteiger partial charge is 0.356 e. The van der Waals surface area contributed by atoms with E-state index >= 15 is 0 Å². The first-order chi connectivity index (χ1) is 9.26. The molecule has 1 amide bonds. The first-order valence-electron chi connectivity index (χ1n) is 7.29. The Kier molecular flexibility index (Phi) is 7.91. The van der Waals surface area contributed by atoms with Crippen LogP contribution in [0.2, 0.25) is 0 Å².